The zero-order chi connectivity index (χ0) is 14.6. The van der Waals surface area contributed by atoms with Gasteiger partial charge in [0.2, 0.25) is 0 Å². The molecule has 0 N–H and O–H groups in total. The first-order valence-electron chi connectivity index (χ1n) is 6.78. The van der Waals surface area contributed by atoms with Crippen molar-refractivity contribution in [1.29, 1.82) is 0 Å². The van der Waals surface area contributed by atoms with E-state index in [4.69, 9.17) is 4.74 Å². The fourth-order valence-electron chi connectivity index (χ4n) is 2.06. The summed E-state index contributed by atoms with van der Waals surface area (Å²) in [4.78, 5) is 12.3. The number of hydrogen-bond acceptors (Lipinski definition) is 2. The molecule has 0 aliphatic rings. The summed E-state index contributed by atoms with van der Waals surface area (Å²) in [5.41, 5.74) is 2.49. The molecule has 0 bridgehead atoms. The lowest BCUT2D eigenvalue weighted by Gasteiger charge is -2.23. The summed E-state index contributed by atoms with van der Waals surface area (Å²) in [5, 5.41) is 0. The van der Waals surface area contributed by atoms with Crippen molar-refractivity contribution in [3.05, 3.63) is 71.3 Å². The molecule has 0 heterocycles. The number of aryl methyl sites for hydroxylation is 1. The van der Waals surface area contributed by atoms with Crippen molar-refractivity contribution in [3.63, 3.8) is 0 Å². The van der Waals surface area contributed by atoms with Crippen LogP contribution in [0.4, 0.5) is 0 Å². The Morgan fingerprint density at radius 3 is 2.40 bits per heavy atom. The average molecular weight is 268 g/mol. The van der Waals surface area contributed by atoms with Gasteiger partial charge in [0.15, 0.2) is 0 Å². The van der Waals surface area contributed by atoms with Crippen LogP contribution in [0.5, 0.6) is 0 Å². The summed E-state index contributed by atoms with van der Waals surface area (Å²) in [5.74, 6) is -0.202. The van der Waals surface area contributed by atoms with E-state index < -0.39 is 5.41 Å². The van der Waals surface area contributed by atoms with Crippen molar-refractivity contribution in [3.8, 4) is 0 Å². The third-order valence-electron chi connectivity index (χ3n) is 3.46. The Morgan fingerprint density at radius 1 is 1.05 bits per heavy atom. The van der Waals surface area contributed by atoms with E-state index in [0.717, 1.165) is 16.7 Å². The maximum atomic E-state index is 12.3. The zero-order valence-corrected chi connectivity index (χ0v) is 12.2. The maximum absolute atomic E-state index is 12.3. The first-order valence-corrected chi connectivity index (χ1v) is 6.78. The number of benzene rings is 2. The SMILES string of the molecule is Cc1cccc(C(C)(C)C(=O)OCc2ccccc2)c1. The van der Waals surface area contributed by atoms with Crippen LogP contribution >= 0.6 is 0 Å². The zero-order valence-electron chi connectivity index (χ0n) is 12.2. The van der Waals surface area contributed by atoms with E-state index in [9.17, 15) is 4.79 Å². The highest BCUT2D eigenvalue weighted by Gasteiger charge is 2.31. The second kappa shape index (κ2) is 5.91. The van der Waals surface area contributed by atoms with Crippen LogP contribution in [0.2, 0.25) is 0 Å². The van der Waals surface area contributed by atoms with E-state index >= 15 is 0 Å². The molecule has 2 rings (SSSR count). The molecule has 20 heavy (non-hydrogen) atoms. The van der Waals surface area contributed by atoms with E-state index in [0.29, 0.717) is 6.61 Å². The summed E-state index contributed by atoms with van der Waals surface area (Å²) in [6.45, 7) is 6.13. The molecule has 2 nitrogen and oxygen atoms in total. The monoisotopic (exact) mass is 268 g/mol. The Hall–Kier alpha value is -2.09. The summed E-state index contributed by atoms with van der Waals surface area (Å²) >= 11 is 0. The highest BCUT2D eigenvalue weighted by molar-refractivity contribution is 5.82. The van der Waals surface area contributed by atoms with Crippen molar-refractivity contribution in [1.82, 2.24) is 0 Å². The molecule has 2 heteroatoms. The van der Waals surface area contributed by atoms with Crippen LogP contribution in [0, 0.1) is 6.92 Å². The van der Waals surface area contributed by atoms with E-state index in [-0.39, 0.29) is 5.97 Å². The van der Waals surface area contributed by atoms with Crippen molar-refractivity contribution < 1.29 is 9.53 Å². The minimum absolute atomic E-state index is 0.202. The Balaban J connectivity index is 2.07. The Morgan fingerprint density at radius 2 is 1.75 bits per heavy atom. The van der Waals surface area contributed by atoms with Gasteiger partial charge in [-0.15, -0.1) is 0 Å². The van der Waals surface area contributed by atoms with Crippen molar-refractivity contribution in [2.24, 2.45) is 0 Å². The maximum Gasteiger partial charge on any atom is 0.316 e. The Bertz CT molecular complexity index is 585. The van der Waals surface area contributed by atoms with Gasteiger partial charge in [-0.25, -0.2) is 0 Å². The first kappa shape index (κ1) is 14.3. The lowest BCUT2D eigenvalue weighted by molar-refractivity contribution is -0.150. The largest absolute Gasteiger partial charge is 0.460 e. The molecule has 0 unspecified atom stereocenters. The van der Waals surface area contributed by atoms with Gasteiger partial charge in [-0.1, -0.05) is 60.2 Å². The molecule has 0 atom stereocenters. The number of carbonyl (C=O) groups excluding carboxylic acids is 1. The van der Waals surface area contributed by atoms with Gasteiger partial charge in [0.25, 0.3) is 0 Å². The molecule has 0 aliphatic carbocycles. The van der Waals surface area contributed by atoms with Gasteiger partial charge in [0.05, 0.1) is 5.41 Å². The van der Waals surface area contributed by atoms with Gasteiger partial charge < -0.3 is 4.74 Å². The Kier molecular flexibility index (Phi) is 4.23. The van der Waals surface area contributed by atoms with Crippen LogP contribution in [0.1, 0.15) is 30.5 Å². The number of esters is 1. The lowest BCUT2D eigenvalue weighted by Crippen LogP contribution is -2.31. The average Bonchev–Trinajstić information content (AvgIpc) is 2.45. The van der Waals surface area contributed by atoms with E-state index in [1.807, 2.05) is 75.4 Å². The molecule has 104 valence electrons. The summed E-state index contributed by atoms with van der Waals surface area (Å²) in [7, 11) is 0. The fourth-order valence-corrected chi connectivity index (χ4v) is 2.06. The first-order chi connectivity index (χ1) is 9.50. The molecule has 0 aromatic heterocycles. The smallest absolute Gasteiger partial charge is 0.316 e. The van der Waals surface area contributed by atoms with Gasteiger partial charge in [0.1, 0.15) is 6.61 Å². The van der Waals surface area contributed by atoms with Gasteiger partial charge in [-0.2, -0.15) is 0 Å². The van der Waals surface area contributed by atoms with Crippen molar-refractivity contribution in [2.75, 3.05) is 0 Å². The number of rotatable bonds is 4. The van der Waals surface area contributed by atoms with Crippen LogP contribution in [-0.4, -0.2) is 5.97 Å². The fraction of sp³-hybridized carbons (Fsp3) is 0.278. The van der Waals surface area contributed by atoms with Crippen LogP contribution < -0.4 is 0 Å². The van der Waals surface area contributed by atoms with Crippen molar-refractivity contribution in [2.45, 2.75) is 32.8 Å². The van der Waals surface area contributed by atoms with Gasteiger partial charge in [-0.3, -0.25) is 4.79 Å². The van der Waals surface area contributed by atoms with E-state index in [1.54, 1.807) is 0 Å². The summed E-state index contributed by atoms with van der Waals surface area (Å²) < 4.78 is 5.45. The molecule has 2 aromatic carbocycles. The summed E-state index contributed by atoms with van der Waals surface area (Å²) in [6, 6.07) is 17.7. The normalized spacial score (nSPS) is 11.2. The predicted octanol–water partition coefficient (Wildman–Crippen LogP) is 4.02. The minimum atomic E-state index is -0.638. The number of hydrogen-bond donors (Lipinski definition) is 0. The van der Waals surface area contributed by atoms with Crippen LogP contribution in [0.3, 0.4) is 0 Å². The third-order valence-corrected chi connectivity index (χ3v) is 3.46. The van der Waals surface area contributed by atoms with Crippen LogP contribution in [0.25, 0.3) is 0 Å². The Labute approximate surface area is 120 Å². The second-order valence-electron chi connectivity index (χ2n) is 5.56. The molecular formula is C18H20O2. The highest BCUT2D eigenvalue weighted by atomic mass is 16.5. The minimum Gasteiger partial charge on any atom is -0.460 e. The molecule has 0 saturated carbocycles. The van der Waals surface area contributed by atoms with Crippen molar-refractivity contribution >= 4 is 5.97 Å². The van der Waals surface area contributed by atoms with Gasteiger partial charge >= 0.3 is 5.97 Å². The standard InChI is InChI=1S/C18H20O2/c1-14-8-7-11-16(12-14)18(2,3)17(19)20-13-15-9-5-4-6-10-15/h4-12H,13H2,1-3H3. The summed E-state index contributed by atoms with van der Waals surface area (Å²) in [6.07, 6.45) is 0. The topological polar surface area (TPSA) is 26.3 Å². The molecular weight excluding hydrogens is 248 g/mol. The molecule has 2 aromatic rings. The quantitative estimate of drug-likeness (QED) is 0.783. The van der Waals surface area contributed by atoms with Gasteiger partial charge in [0, 0.05) is 0 Å². The highest BCUT2D eigenvalue weighted by Crippen LogP contribution is 2.26. The van der Waals surface area contributed by atoms with E-state index in [1.165, 1.54) is 0 Å². The third kappa shape index (κ3) is 3.27. The number of carbonyl (C=O) groups is 1. The molecule has 0 amide bonds. The van der Waals surface area contributed by atoms with Crippen LogP contribution in [0.15, 0.2) is 54.6 Å². The second-order valence-corrected chi connectivity index (χ2v) is 5.56. The molecule has 0 fully saturated rings. The lowest BCUT2D eigenvalue weighted by atomic mass is 9.84. The van der Waals surface area contributed by atoms with Crippen LogP contribution in [-0.2, 0) is 21.6 Å². The molecule has 0 saturated heterocycles. The number of ether oxygens (including phenoxy) is 1. The molecule has 0 radical (unpaired) electrons. The predicted molar refractivity (Wildman–Crippen MR) is 80.4 cm³/mol. The molecule has 0 spiro atoms. The molecule has 0 aliphatic heterocycles. The van der Waals surface area contributed by atoms with Gasteiger partial charge in [-0.05, 0) is 31.9 Å². The van der Waals surface area contributed by atoms with E-state index in [2.05, 4.69) is 0 Å².